The molecule has 6 nitrogen and oxygen atoms in total. The van der Waals surface area contributed by atoms with Crippen LogP contribution in [-0.4, -0.2) is 35.9 Å². The summed E-state index contributed by atoms with van der Waals surface area (Å²) in [6, 6.07) is 1.81. The lowest BCUT2D eigenvalue weighted by molar-refractivity contribution is 0.570. The highest BCUT2D eigenvalue weighted by molar-refractivity contribution is 7.92. The van der Waals surface area contributed by atoms with Crippen LogP contribution in [0, 0.1) is 0 Å². The minimum atomic E-state index is -2.93. The van der Waals surface area contributed by atoms with Gasteiger partial charge in [0.1, 0.15) is 10.5 Å². The quantitative estimate of drug-likeness (QED) is 0.865. The van der Waals surface area contributed by atoms with Crippen molar-refractivity contribution in [2.45, 2.75) is 24.6 Å². The second kappa shape index (κ2) is 5.27. The molecule has 0 aliphatic carbocycles. The third-order valence-electron chi connectivity index (χ3n) is 3.49. The Morgan fingerprint density at radius 2 is 2.35 bits per heavy atom. The molecule has 8 heteroatoms. The number of aromatic amines is 1. The SMILES string of the molecule is O=c1[nH]c(CNCC2CCCS2(=O)=O)nc2ccsc12. The van der Waals surface area contributed by atoms with Crippen molar-refractivity contribution in [1.82, 2.24) is 15.3 Å². The zero-order chi connectivity index (χ0) is 14.2. The first-order valence-corrected chi connectivity index (χ1v) is 9.04. The van der Waals surface area contributed by atoms with Crippen LogP contribution in [0.4, 0.5) is 0 Å². The molecule has 2 aromatic rings. The van der Waals surface area contributed by atoms with Gasteiger partial charge in [-0.15, -0.1) is 11.3 Å². The van der Waals surface area contributed by atoms with Gasteiger partial charge in [0, 0.05) is 6.54 Å². The van der Waals surface area contributed by atoms with Crippen LogP contribution in [0.3, 0.4) is 0 Å². The lowest BCUT2D eigenvalue weighted by Crippen LogP contribution is -2.31. The van der Waals surface area contributed by atoms with Gasteiger partial charge in [0.2, 0.25) is 0 Å². The van der Waals surface area contributed by atoms with Crippen molar-refractivity contribution in [3.63, 3.8) is 0 Å². The van der Waals surface area contributed by atoms with E-state index in [9.17, 15) is 13.2 Å². The summed E-state index contributed by atoms with van der Waals surface area (Å²) in [4.78, 5) is 18.8. The molecule has 2 N–H and O–H groups in total. The van der Waals surface area contributed by atoms with Crippen LogP contribution in [0.5, 0.6) is 0 Å². The van der Waals surface area contributed by atoms with Gasteiger partial charge < -0.3 is 10.3 Å². The molecule has 0 spiro atoms. The van der Waals surface area contributed by atoms with Gasteiger partial charge in [-0.05, 0) is 24.3 Å². The predicted octanol–water partition coefficient (Wildman–Crippen LogP) is 0.651. The molecule has 1 unspecified atom stereocenters. The third-order valence-corrected chi connectivity index (χ3v) is 6.67. The van der Waals surface area contributed by atoms with Gasteiger partial charge in [0.25, 0.3) is 5.56 Å². The molecule has 1 atom stereocenters. The Morgan fingerprint density at radius 1 is 1.50 bits per heavy atom. The van der Waals surface area contributed by atoms with Crippen LogP contribution < -0.4 is 10.9 Å². The topological polar surface area (TPSA) is 91.9 Å². The van der Waals surface area contributed by atoms with Crippen LogP contribution in [0.2, 0.25) is 0 Å². The highest BCUT2D eigenvalue weighted by Crippen LogP contribution is 2.19. The lowest BCUT2D eigenvalue weighted by Gasteiger charge is -2.10. The van der Waals surface area contributed by atoms with E-state index in [1.54, 1.807) is 6.07 Å². The van der Waals surface area contributed by atoms with E-state index < -0.39 is 9.84 Å². The average Bonchev–Trinajstić information content (AvgIpc) is 2.97. The van der Waals surface area contributed by atoms with Gasteiger partial charge in [0.05, 0.1) is 23.1 Å². The largest absolute Gasteiger partial charge is 0.309 e. The van der Waals surface area contributed by atoms with E-state index in [-0.39, 0.29) is 16.6 Å². The molecule has 0 bridgehead atoms. The fourth-order valence-electron chi connectivity index (χ4n) is 2.44. The van der Waals surface area contributed by atoms with Gasteiger partial charge in [0.15, 0.2) is 9.84 Å². The lowest BCUT2D eigenvalue weighted by atomic mass is 10.2. The van der Waals surface area contributed by atoms with Crippen LogP contribution in [-0.2, 0) is 16.4 Å². The first-order valence-electron chi connectivity index (χ1n) is 6.45. The van der Waals surface area contributed by atoms with Gasteiger partial charge in [-0.3, -0.25) is 4.79 Å². The van der Waals surface area contributed by atoms with Crippen molar-refractivity contribution >= 4 is 31.4 Å². The zero-order valence-electron chi connectivity index (χ0n) is 10.8. The number of nitrogens with one attached hydrogen (secondary N) is 2. The summed E-state index contributed by atoms with van der Waals surface area (Å²) in [5, 5.41) is 4.60. The summed E-state index contributed by atoms with van der Waals surface area (Å²) < 4.78 is 24.0. The maximum absolute atomic E-state index is 11.8. The van der Waals surface area contributed by atoms with Gasteiger partial charge in [-0.1, -0.05) is 0 Å². The fourth-order valence-corrected chi connectivity index (χ4v) is 4.97. The Labute approximate surface area is 120 Å². The first kappa shape index (κ1) is 13.7. The van der Waals surface area contributed by atoms with Gasteiger partial charge in [-0.2, -0.15) is 0 Å². The zero-order valence-corrected chi connectivity index (χ0v) is 12.4. The van der Waals surface area contributed by atoms with Crippen molar-refractivity contribution in [2.24, 2.45) is 0 Å². The summed E-state index contributed by atoms with van der Waals surface area (Å²) in [5.74, 6) is 0.825. The van der Waals surface area contributed by atoms with E-state index in [1.807, 2.05) is 5.38 Å². The highest BCUT2D eigenvalue weighted by Gasteiger charge is 2.30. The standard InChI is InChI=1S/C12H15N3O3S2/c16-12-11-9(3-4-19-11)14-10(15-12)7-13-6-8-2-1-5-20(8,17)18/h3-4,8,13H,1-2,5-7H2,(H,14,15,16). The number of sulfone groups is 1. The molecule has 0 saturated carbocycles. The van der Waals surface area contributed by atoms with E-state index in [2.05, 4.69) is 15.3 Å². The summed E-state index contributed by atoms with van der Waals surface area (Å²) in [7, 11) is -2.93. The molecule has 3 rings (SSSR count). The normalized spacial score (nSPS) is 21.5. The van der Waals surface area contributed by atoms with E-state index >= 15 is 0 Å². The van der Waals surface area contributed by atoms with E-state index in [4.69, 9.17) is 0 Å². The third kappa shape index (κ3) is 2.63. The molecule has 0 amide bonds. The number of fused-ring (bicyclic) bond motifs is 1. The molecular formula is C12H15N3O3S2. The summed E-state index contributed by atoms with van der Waals surface area (Å²) in [6.45, 7) is 0.779. The average molecular weight is 313 g/mol. The number of aromatic nitrogens is 2. The van der Waals surface area contributed by atoms with Crippen molar-refractivity contribution in [1.29, 1.82) is 0 Å². The van der Waals surface area contributed by atoms with Crippen LogP contribution in [0.25, 0.3) is 10.2 Å². The Balaban J connectivity index is 1.67. The number of hydrogen-bond acceptors (Lipinski definition) is 6. The van der Waals surface area contributed by atoms with Crippen molar-refractivity contribution in [3.05, 3.63) is 27.6 Å². The molecular weight excluding hydrogens is 298 g/mol. The smallest absolute Gasteiger partial charge is 0.268 e. The minimum absolute atomic E-state index is 0.143. The van der Waals surface area contributed by atoms with E-state index in [1.165, 1.54) is 11.3 Å². The second-order valence-electron chi connectivity index (χ2n) is 4.91. The number of hydrogen-bond donors (Lipinski definition) is 2. The monoisotopic (exact) mass is 313 g/mol. The van der Waals surface area contributed by atoms with Crippen molar-refractivity contribution < 1.29 is 8.42 Å². The van der Waals surface area contributed by atoms with Crippen LogP contribution in [0.1, 0.15) is 18.7 Å². The fraction of sp³-hybridized carbons (Fsp3) is 0.500. The maximum atomic E-state index is 11.8. The number of rotatable bonds is 4. The number of thiophene rings is 1. The molecule has 3 heterocycles. The predicted molar refractivity (Wildman–Crippen MR) is 78.8 cm³/mol. The van der Waals surface area contributed by atoms with Gasteiger partial charge >= 0.3 is 0 Å². The molecule has 1 fully saturated rings. The Bertz CT molecular complexity index is 779. The molecule has 0 aromatic carbocycles. The van der Waals surface area contributed by atoms with Crippen LogP contribution in [0.15, 0.2) is 16.2 Å². The molecule has 1 aliphatic heterocycles. The van der Waals surface area contributed by atoms with Gasteiger partial charge in [-0.25, -0.2) is 13.4 Å². The first-order chi connectivity index (χ1) is 9.56. The molecule has 0 radical (unpaired) electrons. The number of nitrogens with zero attached hydrogens (tertiary/aromatic N) is 1. The summed E-state index contributed by atoms with van der Waals surface area (Å²) >= 11 is 1.36. The Hall–Kier alpha value is -1.25. The van der Waals surface area contributed by atoms with Crippen molar-refractivity contribution in [2.75, 3.05) is 12.3 Å². The number of H-pyrrole nitrogens is 1. The minimum Gasteiger partial charge on any atom is -0.309 e. The van der Waals surface area contributed by atoms with E-state index in [0.717, 1.165) is 6.42 Å². The Kier molecular flexibility index (Phi) is 3.61. The van der Waals surface area contributed by atoms with E-state index in [0.29, 0.717) is 35.6 Å². The molecule has 1 aliphatic rings. The molecule has 108 valence electrons. The molecule has 20 heavy (non-hydrogen) atoms. The second-order valence-corrected chi connectivity index (χ2v) is 8.23. The molecule has 1 saturated heterocycles. The molecule has 2 aromatic heterocycles. The summed E-state index contributed by atoms with van der Waals surface area (Å²) in [6.07, 6.45) is 1.45. The van der Waals surface area contributed by atoms with Crippen LogP contribution >= 0.6 is 11.3 Å². The van der Waals surface area contributed by atoms with Crippen molar-refractivity contribution in [3.8, 4) is 0 Å². The Morgan fingerprint density at radius 3 is 3.10 bits per heavy atom. The summed E-state index contributed by atoms with van der Waals surface area (Å²) in [5.41, 5.74) is 0.541. The highest BCUT2D eigenvalue weighted by atomic mass is 32.2. The maximum Gasteiger partial charge on any atom is 0.268 e.